The number of hydrogen-bond acceptors (Lipinski definition) is 2. The molecule has 0 bridgehead atoms. The van der Waals surface area contributed by atoms with Gasteiger partial charge >= 0.3 is 0 Å². The molecule has 0 aliphatic carbocycles. The van der Waals surface area contributed by atoms with E-state index in [0.717, 1.165) is 30.6 Å². The second-order valence-electron chi connectivity index (χ2n) is 2.92. The summed E-state index contributed by atoms with van der Waals surface area (Å²) in [6.07, 6.45) is 5.05. The fourth-order valence-electron chi connectivity index (χ4n) is 1.55. The Morgan fingerprint density at radius 2 is 2.31 bits per heavy atom. The van der Waals surface area contributed by atoms with Crippen molar-refractivity contribution >= 4 is 12.4 Å². The van der Waals surface area contributed by atoms with Gasteiger partial charge < -0.3 is 4.74 Å². The summed E-state index contributed by atoms with van der Waals surface area (Å²) in [5.41, 5.74) is 2.29. The first-order valence-electron chi connectivity index (χ1n) is 4.28. The van der Waals surface area contributed by atoms with Gasteiger partial charge in [0.05, 0.1) is 6.61 Å². The Labute approximate surface area is 76.8 Å². The number of benzene rings is 1. The van der Waals surface area contributed by atoms with Gasteiger partial charge in [-0.1, -0.05) is 18.2 Å². The lowest BCUT2D eigenvalue weighted by Crippen LogP contribution is -1.86. The van der Waals surface area contributed by atoms with Crippen LogP contribution in [0, 0.1) is 0 Å². The summed E-state index contributed by atoms with van der Waals surface area (Å²) in [7, 11) is 0. The Kier molecular flexibility index (Phi) is 2.13. The third-order valence-corrected chi connectivity index (χ3v) is 2.13. The van der Waals surface area contributed by atoms with E-state index in [0.29, 0.717) is 0 Å². The van der Waals surface area contributed by atoms with Gasteiger partial charge in [0.1, 0.15) is 12.0 Å². The number of aldehydes is 1. The first-order valence-corrected chi connectivity index (χ1v) is 4.28. The van der Waals surface area contributed by atoms with Crippen LogP contribution in [0.15, 0.2) is 24.3 Å². The molecule has 1 aliphatic rings. The summed E-state index contributed by atoms with van der Waals surface area (Å²) in [5.74, 6) is 0.952. The van der Waals surface area contributed by atoms with Gasteiger partial charge in [0, 0.05) is 12.0 Å². The highest BCUT2D eigenvalue weighted by molar-refractivity contribution is 5.75. The predicted octanol–water partition coefficient (Wildman–Crippen LogP) is 1.83. The maximum Gasteiger partial charge on any atom is 0.142 e. The molecule has 2 heteroatoms. The number of carbonyl (C=O) groups is 1. The molecule has 1 aliphatic heterocycles. The van der Waals surface area contributed by atoms with E-state index in [2.05, 4.69) is 0 Å². The number of carbonyl (C=O) groups excluding carboxylic acids is 1. The Hall–Kier alpha value is -1.57. The minimum atomic E-state index is 0.751. The van der Waals surface area contributed by atoms with E-state index >= 15 is 0 Å². The molecular weight excluding hydrogens is 164 g/mol. The molecule has 0 fully saturated rings. The average Bonchev–Trinajstić information content (AvgIpc) is 2.62. The van der Waals surface area contributed by atoms with E-state index in [4.69, 9.17) is 4.74 Å². The van der Waals surface area contributed by atoms with Gasteiger partial charge in [-0.25, -0.2) is 0 Å². The van der Waals surface area contributed by atoms with Gasteiger partial charge in [0.2, 0.25) is 0 Å². The topological polar surface area (TPSA) is 26.3 Å². The summed E-state index contributed by atoms with van der Waals surface area (Å²) < 4.78 is 5.40. The lowest BCUT2D eigenvalue weighted by Gasteiger charge is -2.00. The molecule has 0 atom stereocenters. The second kappa shape index (κ2) is 3.44. The molecule has 13 heavy (non-hydrogen) atoms. The zero-order valence-corrected chi connectivity index (χ0v) is 7.19. The van der Waals surface area contributed by atoms with Crippen molar-refractivity contribution in [2.24, 2.45) is 0 Å². The maximum atomic E-state index is 10.2. The van der Waals surface area contributed by atoms with Crippen LogP contribution in [0.2, 0.25) is 0 Å². The van der Waals surface area contributed by atoms with E-state index < -0.39 is 0 Å². The van der Waals surface area contributed by atoms with Crippen LogP contribution in [0.3, 0.4) is 0 Å². The van der Waals surface area contributed by atoms with E-state index in [-0.39, 0.29) is 0 Å². The van der Waals surface area contributed by atoms with Crippen LogP contribution in [-0.4, -0.2) is 12.9 Å². The lowest BCUT2D eigenvalue weighted by atomic mass is 10.1. The first-order chi connectivity index (χ1) is 6.42. The van der Waals surface area contributed by atoms with Crippen LogP contribution in [0.5, 0.6) is 5.75 Å². The first kappa shape index (κ1) is 8.05. The monoisotopic (exact) mass is 174 g/mol. The van der Waals surface area contributed by atoms with Crippen molar-refractivity contribution in [2.75, 3.05) is 6.61 Å². The van der Waals surface area contributed by atoms with Gasteiger partial charge in [0.25, 0.3) is 0 Å². The van der Waals surface area contributed by atoms with Crippen LogP contribution in [-0.2, 0) is 11.2 Å². The molecule has 2 rings (SSSR count). The highest BCUT2D eigenvalue weighted by Gasteiger charge is 2.13. The fourth-order valence-corrected chi connectivity index (χ4v) is 1.55. The van der Waals surface area contributed by atoms with Gasteiger partial charge in [-0.05, 0) is 17.7 Å². The third-order valence-electron chi connectivity index (χ3n) is 2.13. The molecule has 0 N–H and O–H groups in total. The number of fused-ring (bicyclic) bond motifs is 1. The van der Waals surface area contributed by atoms with Crippen LogP contribution >= 0.6 is 0 Å². The summed E-state index contributed by atoms with van der Waals surface area (Å²) in [6, 6.07) is 5.89. The Morgan fingerprint density at radius 3 is 3.15 bits per heavy atom. The minimum absolute atomic E-state index is 0.751. The fraction of sp³-hybridized carbons (Fsp3) is 0.182. The van der Waals surface area contributed by atoms with Crippen molar-refractivity contribution in [2.45, 2.75) is 6.42 Å². The van der Waals surface area contributed by atoms with Gasteiger partial charge in [0.15, 0.2) is 0 Å². The second-order valence-corrected chi connectivity index (χ2v) is 2.92. The summed E-state index contributed by atoms with van der Waals surface area (Å²) >= 11 is 0. The molecule has 0 saturated heterocycles. The van der Waals surface area contributed by atoms with Crippen molar-refractivity contribution in [3.8, 4) is 5.75 Å². The van der Waals surface area contributed by atoms with Crippen molar-refractivity contribution in [1.82, 2.24) is 0 Å². The van der Waals surface area contributed by atoms with E-state index in [9.17, 15) is 4.79 Å². The molecule has 1 aromatic carbocycles. The molecular formula is C11H10O2. The molecule has 0 aromatic heterocycles. The third kappa shape index (κ3) is 1.47. The largest absolute Gasteiger partial charge is 0.493 e. The summed E-state index contributed by atoms with van der Waals surface area (Å²) in [4.78, 5) is 10.2. The Bertz CT molecular complexity index is 353. The highest BCUT2D eigenvalue weighted by atomic mass is 16.5. The minimum Gasteiger partial charge on any atom is -0.493 e. The molecule has 0 radical (unpaired) electrons. The molecule has 1 aromatic rings. The molecule has 0 saturated carbocycles. The molecule has 0 spiro atoms. The molecule has 1 heterocycles. The van der Waals surface area contributed by atoms with Crippen LogP contribution < -0.4 is 4.74 Å². The zero-order chi connectivity index (χ0) is 9.10. The number of rotatable bonds is 2. The predicted molar refractivity (Wildman–Crippen MR) is 50.7 cm³/mol. The highest BCUT2D eigenvalue weighted by Crippen LogP contribution is 2.28. The molecule has 2 nitrogen and oxygen atoms in total. The SMILES string of the molecule is O=C/C=C/c1cccc2c1CCO2. The van der Waals surface area contributed by atoms with Gasteiger partial charge in [-0.15, -0.1) is 0 Å². The van der Waals surface area contributed by atoms with Crippen molar-refractivity contribution in [1.29, 1.82) is 0 Å². The van der Waals surface area contributed by atoms with E-state index in [1.165, 1.54) is 11.6 Å². The van der Waals surface area contributed by atoms with Crippen LogP contribution in [0.4, 0.5) is 0 Å². The molecule has 0 amide bonds. The number of hydrogen-bond donors (Lipinski definition) is 0. The molecule has 66 valence electrons. The van der Waals surface area contributed by atoms with Crippen molar-refractivity contribution < 1.29 is 9.53 Å². The average molecular weight is 174 g/mol. The summed E-state index contributed by atoms with van der Waals surface area (Å²) in [6.45, 7) is 0.751. The zero-order valence-electron chi connectivity index (χ0n) is 7.19. The smallest absolute Gasteiger partial charge is 0.142 e. The van der Waals surface area contributed by atoms with Crippen LogP contribution in [0.1, 0.15) is 11.1 Å². The van der Waals surface area contributed by atoms with Gasteiger partial charge in [-0.3, -0.25) is 4.79 Å². The summed E-state index contributed by atoms with van der Waals surface area (Å²) in [5, 5.41) is 0. The number of allylic oxidation sites excluding steroid dienone is 1. The normalized spacial score (nSPS) is 14.2. The van der Waals surface area contributed by atoms with Crippen LogP contribution in [0.25, 0.3) is 6.08 Å². The Balaban J connectivity index is 2.41. The van der Waals surface area contributed by atoms with Crippen molar-refractivity contribution in [3.05, 3.63) is 35.4 Å². The maximum absolute atomic E-state index is 10.2. The van der Waals surface area contributed by atoms with E-state index in [1.807, 2.05) is 24.3 Å². The standard InChI is InChI=1S/C11H10O2/c12-7-2-4-9-3-1-5-11-10(9)6-8-13-11/h1-5,7H,6,8H2/b4-2+. The van der Waals surface area contributed by atoms with E-state index in [1.54, 1.807) is 0 Å². The lowest BCUT2D eigenvalue weighted by molar-refractivity contribution is -0.104. The molecule has 0 unspecified atom stereocenters. The van der Waals surface area contributed by atoms with Crippen molar-refractivity contribution in [3.63, 3.8) is 0 Å². The van der Waals surface area contributed by atoms with Gasteiger partial charge in [-0.2, -0.15) is 0 Å². The number of ether oxygens (including phenoxy) is 1. The Morgan fingerprint density at radius 1 is 1.38 bits per heavy atom. The quantitative estimate of drug-likeness (QED) is 0.505.